The fourth-order valence-electron chi connectivity index (χ4n) is 3.40. The first kappa shape index (κ1) is 16.5. The van der Waals surface area contributed by atoms with Gasteiger partial charge in [-0.25, -0.2) is 14.6 Å². The highest BCUT2D eigenvalue weighted by Gasteiger charge is 2.25. The molecule has 0 aliphatic carbocycles. The van der Waals surface area contributed by atoms with Gasteiger partial charge in [-0.05, 0) is 37.6 Å². The SMILES string of the molecule is O=c1ccc(-c2cccnc2)nn1CC1CCCN1Cc1cncnc1. The highest BCUT2D eigenvalue weighted by atomic mass is 16.1. The lowest BCUT2D eigenvalue weighted by molar-refractivity contribution is 0.216. The second kappa shape index (κ2) is 7.53. The van der Waals surface area contributed by atoms with Crippen molar-refractivity contribution < 1.29 is 0 Å². The first-order valence-corrected chi connectivity index (χ1v) is 8.76. The van der Waals surface area contributed by atoms with Crippen LogP contribution < -0.4 is 5.56 Å². The van der Waals surface area contributed by atoms with Crippen LogP contribution in [0.5, 0.6) is 0 Å². The molecule has 1 fully saturated rings. The highest BCUT2D eigenvalue weighted by molar-refractivity contribution is 5.56. The van der Waals surface area contributed by atoms with Gasteiger partial charge in [-0.2, -0.15) is 5.10 Å². The summed E-state index contributed by atoms with van der Waals surface area (Å²) < 4.78 is 1.58. The summed E-state index contributed by atoms with van der Waals surface area (Å²) >= 11 is 0. The monoisotopic (exact) mass is 348 g/mol. The molecule has 132 valence electrons. The van der Waals surface area contributed by atoms with Crippen LogP contribution in [0.2, 0.25) is 0 Å². The molecule has 1 aliphatic heterocycles. The Bertz CT molecular complexity index is 912. The van der Waals surface area contributed by atoms with Gasteiger partial charge in [-0.15, -0.1) is 0 Å². The molecule has 1 atom stereocenters. The molecule has 4 rings (SSSR count). The normalized spacial score (nSPS) is 17.5. The van der Waals surface area contributed by atoms with Crippen molar-refractivity contribution in [1.82, 2.24) is 29.6 Å². The van der Waals surface area contributed by atoms with Gasteiger partial charge in [-0.1, -0.05) is 0 Å². The van der Waals surface area contributed by atoms with Crippen LogP contribution >= 0.6 is 0 Å². The zero-order valence-corrected chi connectivity index (χ0v) is 14.4. The van der Waals surface area contributed by atoms with Gasteiger partial charge >= 0.3 is 0 Å². The van der Waals surface area contributed by atoms with E-state index in [1.807, 2.05) is 24.5 Å². The smallest absolute Gasteiger partial charge is 0.266 e. The number of hydrogen-bond acceptors (Lipinski definition) is 6. The molecule has 0 aromatic carbocycles. The van der Waals surface area contributed by atoms with Crippen LogP contribution in [0, 0.1) is 0 Å². The predicted molar refractivity (Wildman–Crippen MR) is 97.2 cm³/mol. The Hall–Kier alpha value is -2.93. The Morgan fingerprint density at radius 3 is 2.77 bits per heavy atom. The van der Waals surface area contributed by atoms with Crippen molar-refractivity contribution in [1.29, 1.82) is 0 Å². The van der Waals surface area contributed by atoms with Crippen molar-refractivity contribution in [3.05, 3.63) is 71.3 Å². The van der Waals surface area contributed by atoms with Crippen molar-refractivity contribution in [3.63, 3.8) is 0 Å². The highest BCUT2D eigenvalue weighted by Crippen LogP contribution is 2.21. The van der Waals surface area contributed by atoms with Crippen molar-refractivity contribution in [3.8, 4) is 11.3 Å². The molecule has 0 bridgehead atoms. The Balaban J connectivity index is 1.53. The molecule has 0 radical (unpaired) electrons. The molecular weight excluding hydrogens is 328 g/mol. The van der Waals surface area contributed by atoms with E-state index >= 15 is 0 Å². The quantitative estimate of drug-likeness (QED) is 0.699. The summed E-state index contributed by atoms with van der Waals surface area (Å²) in [5.41, 5.74) is 2.68. The van der Waals surface area contributed by atoms with E-state index in [0.29, 0.717) is 6.54 Å². The maximum Gasteiger partial charge on any atom is 0.266 e. The van der Waals surface area contributed by atoms with Crippen LogP contribution in [0.4, 0.5) is 0 Å². The molecule has 1 aliphatic rings. The van der Waals surface area contributed by atoms with E-state index in [-0.39, 0.29) is 11.6 Å². The Morgan fingerprint density at radius 2 is 1.96 bits per heavy atom. The summed E-state index contributed by atoms with van der Waals surface area (Å²) in [5.74, 6) is 0. The van der Waals surface area contributed by atoms with Crippen LogP contribution in [0.15, 0.2) is 60.2 Å². The van der Waals surface area contributed by atoms with Crippen molar-refractivity contribution in [2.24, 2.45) is 0 Å². The van der Waals surface area contributed by atoms with E-state index < -0.39 is 0 Å². The lowest BCUT2D eigenvalue weighted by Gasteiger charge is -2.24. The van der Waals surface area contributed by atoms with Gasteiger partial charge in [0.1, 0.15) is 6.33 Å². The van der Waals surface area contributed by atoms with Gasteiger partial charge in [0.05, 0.1) is 12.2 Å². The van der Waals surface area contributed by atoms with Crippen LogP contribution in [-0.2, 0) is 13.1 Å². The van der Waals surface area contributed by atoms with Gasteiger partial charge in [0.15, 0.2) is 0 Å². The molecule has 0 N–H and O–H groups in total. The number of rotatable bonds is 5. The maximum atomic E-state index is 12.3. The fourth-order valence-corrected chi connectivity index (χ4v) is 3.40. The lowest BCUT2D eigenvalue weighted by Crippen LogP contribution is -2.36. The van der Waals surface area contributed by atoms with Crippen LogP contribution in [-0.4, -0.2) is 42.2 Å². The first-order chi connectivity index (χ1) is 12.8. The molecule has 0 spiro atoms. The third-order valence-corrected chi connectivity index (χ3v) is 4.71. The van der Waals surface area contributed by atoms with Gasteiger partial charge in [-0.3, -0.25) is 14.7 Å². The predicted octanol–water partition coefficient (Wildman–Crippen LogP) is 1.76. The summed E-state index contributed by atoms with van der Waals surface area (Å²) in [6.45, 7) is 2.39. The van der Waals surface area contributed by atoms with Crippen LogP contribution in [0.1, 0.15) is 18.4 Å². The number of nitrogens with zero attached hydrogens (tertiary/aromatic N) is 6. The number of aromatic nitrogens is 5. The van der Waals surface area contributed by atoms with E-state index in [4.69, 9.17) is 0 Å². The molecule has 3 aromatic rings. The average Bonchev–Trinajstić information content (AvgIpc) is 3.12. The molecule has 0 amide bonds. The van der Waals surface area contributed by atoms with Gasteiger partial charge in [0.25, 0.3) is 5.56 Å². The molecular formula is C19H20N6O. The van der Waals surface area contributed by atoms with Crippen LogP contribution in [0.25, 0.3) is 11.3 Å². The lowest BCUT2D eigenvalue weighted by atomic mass is 10.2. The Labute approximate surface area is 151 Å². The summed E-state index contributed by atoms with van der Waals surface area (Å²) in [6.07, 6.45) is 10.9. The number of hydrogen-bond donors (Lipinski definition) is 0. The minimum absolute atomic E-state index is 0.0764. The molecule has 1 saturated heterocycles. The number of likely N-dealkylation sites (tertiary alicyclic amines) is 1. The van der Waals surface area contributed by atoms with E-state index in [1.54, 1.807) is 35.5 Å². The maximum absolute atomic E-state index is 12.3. The summed E-state index contributed by atoms with van der Waals surface area (Å²) in [7, 11) is 0. The number of pyridine rings is 1. The second-order valence-electron chi connectivity index (χ2n) is 6.49. The molecule has 7 heteroatoms. The molecule has 26 heavy (non-hydrogen) atoms. The van der Waals surface area contributed by atoms with Crippen molar-refractivity contribution >= 4 is 0 Å². The standard InChI is InChI=1S/C19H20N6O/c26-19-6-5-18(16-3-1-7-20-11-16)23-25(19)13-17-4-2-8-24(17)12-15-9-21-14-22-10-15/h1,3,5-7,9-11,14,17H,2,4,8,12-13H2. The summed E-state index contributed by atoms with van der Waals surface area (Å²) in [6, 6.07) is 7.43. The summed E-state index contributed by atoms with van der Waals surface area (Å²) in [5, 5.41) is 4.56. The van der Waals surface area contributed by atoms with Gasteiger partial charge in [0, 0.05) is 54.6 Å². The average molecular weight is 348 g/mol. The molecule has 3 aromatic heterocycles. The van der Waals surface area contributed by atoms with Crippen LogP contribution in [0.3, 0.4) is 0 Å². The van der Waals surface area contributed by atoms with E-state index in [1.165, 1.54) is 0 Å². The van der Waals surface area contributed by atoms with Gasteiger partial charge in [0.2, 0.25) is 0 Å². The molecule has 1 unspecified atom stereocenters. The third kappa shape index (κ3) is 3.67. The van der Waals surface area contributed by atoms with Gasteiger partial charge < -0.3 is 0 Å². The first-order valence-electron chi connectivity index (χ1n) is 8.76. The minimum Gasteiger partial charge on any atom is -0.294 e. The summed E-state index contributed by atoms with van der Waals surface area (Å²) in [4.78, 5) is 27.0. The largest absolute Gasteiger partial charge is 0.294 e. The topological polar surface area (TPSA) is 76.8 Å². The molecule has 0 saturated carbocycles. The van der Waals surface area contributed by atoms with Crippen molar-refractivity contribution in [2.45, 2.75) is 32.0 Å². The zero-order chi connectivity index (χ0) is 17.8. The van der Waals surface area contributed by atoms with E-state index in [2.05, 4.69) is 25.0 Å². The zero-order valence-electron chi connectivity index (χ0n) is 14.4. The third-order valence-electron chi connectivity index (χ3n) is 4.71. The Kier molecular flexibility index (Phi) is 4.79. The minimum atomic E-state index is -0.0764. The van der Waals surface area contributed by atoms with E-state index in [9.17, 15) is 4.79 Å². The van der Waals surface area contributed by atoms with E-state index in [0.717, 1.165) is 42.8 Å². The fraction of sp³-hybridized carbons (Fsp3) is 0.316. The Morgan fingerprint density at radius 1 is 1.08 bits per heavy atom. The second-order valence-corrected chi connectivity index (χ2v) is 6.49. The molecule has 4 heterocycles. The van der Waals surface area contributed by atoms with Crippen molar-refractivity contribution in [2.75, 3.05) is 6.54 Å². The molecule has 7 nitrogen and oxygen atoms in total.